The number of carbonyl (C=O) groups excluding carboxylic acids is 1. The number of aromatic amines is 1. The second-order valence-electron chi connectivity index (χ2n) is 7.97. The maximum absolute atomic E-state index is 13.1. The summed E-state index contributed by atoms with van der Waals surface area (Å²) in [6, 6.07) is 23.8. The molecular weight excluding hydrogens is 402 g/mol. The van der Waals surface area contributed by atoms with Crippen molar-refractivity contribution >= 4 is 44.9 Å². The minimum absolute atomic E-state index is 0.110. The van der Waals surface area contributed by atoms with Crippen LogP contribution in [0.1, 0.15) is 36.2 Å². The van der Waals surface area contributed by atoms with Crippen molar-refractivity contribution in [1.29, 1.82) is 0 Å². The summed E-state index contributed by atoms with van der Waals surface area (Å²) in [5, 5.41) is 8.67. The lowest BCUT2D eigenvalue weighted by Gasteiger charge is -2.26. The summed E-state index contributed by atoms with van der Waals surface area (Å²) in [4.78, 5) is 17.2. The van der Waals surface area contributed by atoms with Crippen molar-refractivity contribution in [3.05, 3.63) is 83.9 Å². The molecule has 0 spiro atoms. The van der Waals surface area contributed by atoms with Crippen LogP contribution < -0.4 is 10.6 Å². The van der Waals surface area contributed by atoms with Crippen molar-refractivity contribution in [2.45, 2.75) is 32.9 Å². The molecule has 1 unspecified atom stereocenters. The average Bonchev–Trinajstić information content (AvgIpc) is 3.19. The predicted molar refractivity (Wildman–Crippen MR) is 132 cm³/mol. The number of fused-ring (bicyclic) bond motifs is 3. The number of benzene rings is 3. The summed E-state index contributed by atoms with van der Waals surface area (Å²) < 4.78 is 0. The van der Waals surface area contributed by atoms with E-state index in [1.165, 1.54) is 0 Å². The molecule has 4 aromatic rings. The third-order valence-electron chi connectivity index (χ3n) is 5.86. The first-order valence-electron chi connectivity index (χ1n) is 10.7. The largest absolute Gasteiger partial charge is 0.374 e. The Hall–Kier alpha value is -3.18. The fourth-order valence-corrected chi connectivity index (χ4v) is 4.17. The number of amides is 1. The van der Waals surface area contributed by atoms with Gasteiger partial charge >= 0.3 is 0 Å². The van der Waals surface area contributed by atoms with E-state index in [4.69, 9.17) is 12.2 Å². The fraction of sp³-hybridized carbons (Fsp3) is 0.231. The Morgan fingerprint density at radius 3 is 2.45 bits per heavy atom. The molecule has 0 saturated carbocycles. The van der Waals surface area contributed by atoms with Gasteiger partial charge in [0.2, 0.25) is 0 Å². The van der Waals surface area contributed by atoms with E-state index in [2.05, 4.69) is 47.7 Å². The molecule has 3 aromatic carbocycles. The van der Waals surface area contributed by atoms with Gasteiger partial charge in [-0.1, -0.05) is 81.0 Å². The zero-order valence-corrected chi connectivity index (χ0v) is 18.6. The molecule has 0 bridgehead atoms. The van der Waals surface area contributed by atoms with Crippen molar-refractivity contribution in [2.75, 3.05) is 0 Å². The Morgan fingerprint density at radius 1 is 0.968 bits per heavy atom. The van der Waals surface area contributed by atoms with Crippen LogP contribution in [0, 0.1) is 5.92 Å². The average molecular weight is 430 g/mol. The van der Waals surface area contributed by atoms with E-state index in [-0.39, 0.29) is 17.9 Å². The van der Waals surface area contributed by atoms with Crippen LogP contribution in [0.5, 0.6) is 0 Å². The maximum Gasteiger partial charge on any atom is 0.251 e. The van der Waals surface area contributed by atoms with Crippen molar-refractivity contribution in [2.24, 2.45) is 5.92 Å². The summed E-state index contributed by atoms with van der Waals surface area (Å²) in [5.74, 6) is 0.109. The molecule has 0 aliphatic carbocycles. The topological polar surface area (TPSA) is 56.9 Å². The molecule has 0 radical (unpaired) electrons. The van der Waals surface area contributed by atoms with Gasteiger partial charge in [-0.25, -0.2) is 0 Å². The molecule has 1 aromatic heterocycles. The predicted octanol–water partition coefficient (Wildman–Crippen LogP) is 5.58. The number of H-pyrrole nitrogens is 1. The molecule has 0 aliphatic heterocycles. The van der Waals surface area contributed by atoms with Crippen LogP contribution >= 0.6 is 12.2 Å². The molecule has 0 aliphatic rings. The smallest absolute Gasteiger partial charge is 0.251 e. The van der Waals surface area contributed by atoms with Gasteiger partial charge in [-0.15, -0.1) is 0 Å². The van der Waals surface area contributed by atoms with Crippen LogP contribution in [0.4, 0.5) is 0 Å². The Labute approximate surface area is 188 Å². The maximum atomic E-state index is 13.1. The van der Waals surface area contributed by atoms with Crippen LogP contribution in [0.15, 0.2) is 72.8 Å². The van der Waals surface area contributed by atoms with E-state index >= 15 is 0 Å². The van der Waals surface area contributed by atoms with Crippen LogP contribution in [0.25, 0.3) is 21.8 Å². The van der Waals surface area contributed by atoms with Gasteiger partial charge in [0.1, 0.15) is 0 Å². The summed E-state index contributed by atoms with van der Waals surface area (Å²) >= 11 is 5.68. The summed E-state index contributed by atoms with van der Waals surface area (Å²) in [7, 11) is 0. The van der Waals surface area contributed by atoms with E-state index in [0.717, 1.165) is 33.8 Å². The number of aromatic nitrogens is 1. The molecule has 5 heteroatoms. The van der Waals surface area contributed by atoms with Crippen molar-refractivity contribution < 1.29 is 4.79 Å². The Morgan fingerprint density at radius 2 is 1.68 bits per heavy atom. The highest BCUT2D eigenvalue weighted by molar-refractivity contribution is 7.80. The van der Waals surface area contributed by atoms with Crippen LogP contribution in [0.2, 0.25) is 0 Å². The van der Waals surface area contributed by atoms with E-state index in [1.54, 1.807) is 0 Å². The van der Waals surface area contributed by atoms with E-state index in [1.807, 2.05) is 54.6 Å². The minimum Gasteiger partial charge on any atom is -0.374 e. The van der Waals surface area contributed by atoms with Crippen LogP contribution in [0.3, 0.4) is 0 Å². The van der Waals surface area contributed by atoms with Gasteiger partial charge in [0.05, 0.1) is 11.0 Å². The number of para-hydroxylation sites is 1. The number of nitrogens with one attached hydrogen (secondary N) is 3. The standard InChI is InChI=1S/C26H27N3OS/c1-3-17(2)24(26(31)27-16-18-9-5-4-6-10-18)29-25(30)19-13-14-23-21(15-19)20-11-7-8-12-22(20)28-23/h4-15,17,24,28H,3,16H2,1-2H3,(H,27,31)(H,29,30)/t17?,24-/m0/s1. The van der Waals surface area contributed by atoms with Crippen molar-refractivity contribution in [3.63, 3.8) is 0 Å². The first kappa shape index (κ1) is 21.1. The second-order valence-corrected chi connectivity index (χ2v) is 8.41. The number of rotatable bonds is 7. The third-order valence-corrected chi connectivity index (χ3v) is 6.26. The van der Waals surface area contributed by atoms with E-state index < -0.39 is 0 Å². The molecule has 1 amide bonds. The molecule has 158 valence electrons. The number of carbonyl (C=O) groups is 1. The lowest BCUT2D eigenvalue weighted by Crippen LogP contribution is -2.49. The second kappa shape index (κ2) is 9.31. The summed E-state index contributed by atoms with van der Waals surface area (Å²) in [5.41, 5.74) is 3.88. The molecule has 4 nitrogen and oxygen atoms in total. The lowest BCUT2D eigenvalue weighted by molar-refractivity contribution is 0.0938. The van der Waals surface area contributed by atoms with E-state index in [9.17, 15) is 4.79 Å². The minimum atomic E-state index is -0.227. The SMILES string of the molecule is CCC(C)[C@H](NC(=O)c1ccc2[nH]c3ccccc3c2c1)C(=S)NCc1ccccc1. The van der Waals surface area contributed by atoms with Crippen molar-refractivity contribution in [1.82, 2.24) is 15.6 Å². The molecule has 3 N–H and O–H groups in total. The normalized spacial score (nSPS) is 13.1. The fourth-order valence-electron chi connectivity index (χ4n) is 3.81. The quantitative estimate of drug-likeness (QED) is 0.336. The highest BCUT2D eigenvalue weighted by Crippen LogP contribution is 2.26. The highest BCUT2D eigenvalue weighted by Gasteiger charge is 2.23. The van der Waals surface area contributed by atoms with Gasteiger partial charge in [-0.05, 0) is 35.7 Å². The van der Waals surface area contributed by atoms with Gasteiger partial charge in [0.25, 0.3) is 5.91 Å². The zero-order chi connectivity index (χ0) is 21.8. The molecule has 2 atom stereocenters. The summed E-state index contributed by atoms with van der Waals surface area (Å²) in [6.07, 6.45) is 0.916. The number of thiocarbonyl (C=S) groups is 1. The third kappa shape index (κ3) is 4.62. The van der Waals surface area contributed by atoms with Gasteiger partial charge in [0.15, 0.2) is 0 Å². The first-order chi connectivity index (χ1) is 15.1. The number of hydrogen-bond acceptors (Lipinski definition) is 2. The molecule has 0 fully saturated rings. The Kier molecular flexibility index (Phi) is 6.33. The van der Waals surface area contributed by atoms with Crippen LogP contribution in [-0.4, -0.2) is 21.9 Å². The molecule has 1 heterocycles. The first-order valence-corrected chi connectivity index (χ1v) is 11.1. The molecule has 31 heavy (non-hydrogen) atoms. The van der Waals surface area contributed by atoms with Gasteiger partial charge in [-0.3, -0.25) is 4.79 Å². The van der Waals surface area contributed by atoms with Crippen LogP contribution in [-0.2, 0) is 6.54 Å². The highest BCUT2D eigenvalue weighted by atomic mass is 32.1. The molecule has 0 saturated heterocycles. The summed E-state index contributed by atoms with van der Waals surface area (Å²) in [6.45, 7) is 4.87. The van der Waals surface area contributed by atoms with Crippen molar-refractivity contribution in [3.8, 4) is 0 Å². The van der Waals surface area contributed by atoms with Gasteiger partial charge < -0.3 is 15.6 Å². The Bertz CT molecular complexity index is 1220. The monoisotopic (exact) mass is 429 g/mol. The molecule has 4 rings (SSSR count). The number of hydrogen-bond donors (Lipinski definition) is 3. The zero-order valence-electron chi connectivity index (χ0n) is 17.8. The molecular formula is C26H27N3OS. The Balaban J connectivity index is 1.53. The van der Waals surface area contributed by atoms with Gasteiger partial charge in [0, 0.05) is 33.9 Å². The lowest BCUT2D eigenvalue weighted by atomic mass is 9.98. The van der Waals surface area contributed by atoms with Gasteiger partial charge in [-0.2, -0.15) is 0 Å². The van der Waals surface area contributed by atoms with E-state index in [0.29, 0.717) is 17.1 Å².